The minimum atomic E-state index is -0.718. The fraction of sp³-hybridized carbons (Fsp3) is 0.500. The first-order chi connectivity index (χ1) is 8.24. The van der Waals surface area contributed by atoms with Crippen molar-refractivity contribution >= 4 is 11.7 Å². The van der Waals surface area contributed by atoms with Gasteiger partial charge in [-0.15, -0.1) is 0 Å². The molecule has 1 aromatic carbocycles. The normalized spacial score (nSPS) is 17.1. The molecule has 0 amide bonds. The van der Waals surface area contributed by atoms with E-state index in [1.165, 1.54) is 5.56 Å². The summed E-state index contributed by atoms with van der Waals surface area (Å²) < 4.78 is 0. The van der Waals surface area contributed by atoms with Crippen LogP contribution in [-0.4, -0.2) is 23.7 Å². The van der Waals surface area contributed by atoms with Crippen molar-refractivity contribution in [1.82, 2.24) is 0 Å². The molecular formula is C14H19NO2. The van der Waals surface area contributed by atoms with E-state index in [4.69, 9.17) is 0 Å². The van der Waals surface area contributed by atoms with Crippen LogP contribution in [0.1, 0.15) is 31.7 Å². The van der Waals surface area contributed by atoms with Crippen LogP contribution >= 0.6 is 0 Å². The highest BCUT2D eigenvalue weighted by atomic mass is 16.4. The highest BCUT2D eigenvalue weighted by molar-refractivity contribution is 5.78. The highest BCUT2D eigenvalue weighted by Gasteiger charge is 2.26. The number of aryl methyl sites for hydroxylation is 1. The summed E-state index contributed by atoms with van der Waals surface area (Å²) in [5.41, 5.74) is 2.39. The summed E-state index contributed by atoms with van der Waals surface area (Å²) in [6.45, 7) is 2.79. The van der Waals surface area contributed by atoms with E-state index in [1.54, 1.807) is 0 Å². The molecule has 1 atom stereocenters. The lowest BCUT2D eigenvalue weighted by atomic mass is 10.1. The molecule has 1 heterocycles. The van der Waals surface area contributed by atoms with E-state index < -0.39 is 12.0 Å². The zero-order valence-electron chi connectivity index (χ0n) is 10.2. The number of nitrogens with zero attached hydrogens (tertiary/aromatic N) is 1. The lowest BCUT2D eigenvalue weighted by molar-refractivity contribution is -0.138. The van der Waals surface area contributed by atoms with Gasteiger partial charge in [0.05, 0.1) is 0 Å². The lowest BCUT2D eigenvalue weighted by Gasteiger charge is -2.30. The number of carbonyl (C=O) groups is 1. The van der Waals surface area contributed by atoms with Crippen LogP contribution in [0.3, 0.4) is 0 Å². The molecule has 1 aliphatic heterocycles. The predicted octanol–water partition coefficient (Wildman–Crippen LogP) is 2.69. The summed E-state index contributed by atoms with van der Waals surface area (Å²) in [5, 5.41) is 9.30. The molecule has 0 aromatic heterocycles. The molecule has 0 fully saturated rings. The maximum atomic E-state index is 11.3. The third-order valence-electron chi connectivity index (χ3n) is 3.44. The number of carboxylic acid groups (broad SMARTS) is 1. The van der Waals surface area contributed by atoms with E-state index >= 15 is 0 Å². The SMILES string of the molecule is CCC(C(=O)O)N1CCCCc2ccccc21. The van der Waals surface area contributed by atoms with Gasteiger partial charge in [-0.05, 0) is 37.3 Å². The zero-order valence-corrected chi connectivity index (χ0v) is 10.2. The van der Waals surface area contributed by atoms with Crippen LogP contribution < -0.4 is 4.90 Å². The molecule has 3 heteroatoms. The van der Waals surface area contributed by atoms with Crippen LogP contribution in [0.25, 0.3) is 0 Å². The number of aliphatic carboxylic acids is 1. The number of para-hydroxylation sites is 1. The third-order valence-corrected chi connectivity index (χ3v) is 3.44. The third kappa shape index (κ3) is 2.43. The van der Waals surface area contributed by atoms with Crippen molar-refractivity contribution in [1.29, 1.82) is 0 Å². The second kappa shape index (κ2) is 5.21. The van der Waals surface area contributed by atoms with E-state index in [1.807, 2.05) is 25.1 Å². The number of carboxylic acids is 1. The smallest absolute Gasteiger partial charge is 0.326 e. The Bertz CT molecular complexity index is 403. The van der Waals surface area contributed by atoms with Crippen LogP contribution in [0.15, 0.2) is 24.3 Å². The number of hydrogen-bond acceptors (Lipinski definition) is 2. The molecule has 0 spiro atoms. The first-order valence-electron chi connectivity index (χ1n) is 6.31. The van der Waals surface area contributed by atoms with Gasteiger partial charge in [0.1, 0.15) is 6.04 Å². The van der Waals surface area contributed by atoms with E-state index in [0.29, 0.717) is 6.42 Å². The lowest BCUT2D eigenvalue weighted by Crippen LogP contribution is -2.41. The first-order valence-corrected chi connectivity index (χ1v) is 6.31. The van der Waals surface area contributed by atoms with E-state index in [-0.39, 0.29) is 0 Å². The Kier molecular flexibility index (Phi) is 3.67. The molecule has 0 bridgehead atoms. The van der Waals surface area contributed by atoms with Crippen molar-refractivity contribution in [3.05, 3.63) is 29.8 Å². The number of rotatable bonds is 3. The Labute approximate surface area is 102 Å². The molecule has 0 saturated carbocycles. The molecule has 1 aliphatic rings. The molecule has 1 aromatic rings. The fourth-order valence-electron chi connectivity index (χ4n) is 2.57. The van der Waals surface area contributed by atoms with Crippen LogP contribution in [0.2, 0.25) is 0 Å². The Balaban J connectivity index is 2.37. The van der Waals surface area contributed by atoms with Crippen molar-refractivity contribution in [2.24, 2.45) is 0 Å². The number of anilines is 1. The fourth-order valence-corrected chi connectivity index (χ4v) is 2.57. The van der Waals surface area contributed by atoms with Gasteiger partial charge in [-0.2, -0.15) is 0 Å². The van der Waals surface area contributed by atoms with E-state index in [0.717, 1.165) is 31.5 Å². The second-order valence-electron chi connectivity index (χ2n) is 4.54. The Morgan fingerprint density at radius 1 is 1.41 bits per heavy atom. The molecule has 1 N–H and O–H groups in total. The molecule has 1 unspecified atom stereocenters. The molecule has 0 radical (unpaired) electrons. The summed E-state index contributed by atoms with van der Waals surface area (Å²) >= 11 is 0. The minimum Gasteiger partial charge on any atom is -0.480 e. The van der Waals surface area contributed by atoms with Crippen LogP contribution in [0.4, 0.5) is 5.69 Å². The molecule has 92 valence electrons. The van der Waals surface area contributed by atoms with Crippen molar-refractivity contribution in [2.45, 2.75) is 38.6 Å². The van der Waals surface area contributed by atoms with Crippen molar-refractivity contribution in [2.75, 3.05) is 11.4 Å². The van der Waals surface area contributed by atoms with Gasteiger partial charge in [-0.3, -0.25) is 0 Å². The number of benzene rings is 1. The summed E-state index contributed by atoms with van der Waals surface area (Å²) in [4.78, 5) is 13.4. The maximum Gasteiger partial charge on any atom is 0.326 e. The van der Waals surface area contributed by atoms with Gasteiger partial charge >= 0.3 is 5.97 Å². The van der Waals surface area contributed by atoms with Gasteiger partial charge in [-0.1, -0.05) is 25.1 Å². The van der Waals surface area contributed by atoms with Crippen LogP contribution in [-0.2, 0) is 11.2 Å². The maximum absolute atomic E-state index is 11.3. The van der Waals surface area contributed by atoms with Gasteiger partial charge in [0.15, 0.2) is 0 Å². The molecule has 2 rings (SSSR count). The zero-order chi connectivity index (χ0) is 12.3. The van der Waals surface area contributed by atoms with Crippen LogP contribution in [0, 0.1) is 0 Å². The molecule has 0 aliphatic carbocycles. The van der Waals surface area contributed by atoms with Crippen molar-refractivity contribution in [3.63, 3.8) is 0 Å². The average molecular weight is 233 g/mol. The van der Waals surface area contributed by atoms with Gasteiger partial charge in [0.25, 0.3) is 0 Å². The van der Waals surface area contributed by atoms with E-state index in [9.17, 15) is 9.90 Å². The van der Waals surface area contributed by atoms with Crippen molar-refractivity contribution < 1.29 is 9.90 Å². The summed E-state index contributed by atoms with van der Waals surface area (Å²) in [5.74, 6) is -0.718. The topological polar surface area (TPSA) is 40.5 Å². The molecule has 3 nitrogen and oxygen atoms in total. The van der Waals surface area contributed by atoms with Gasteiger partial charge in [-0.25, -0.2) is 4.79 Å². The summed E-state index contributed by atoms with van der Waals surface area (Å²) in [6.07, 6.45) is 3.91. The standard InChI is InChI=1S/C14H19NO2/c1-2-12(14(16)17)15-10-6-5-8-11-7-3-4-9-13(11)15/h3-4,7,9,12H,2,5-6,8,10H2,1H3,(H,16,17). The number of hydrogen-bond donors (Lipinski definition) is 1. The predicted molar refractivity (Wildman–Crippen MR) is 68.4 cm³/mol. The molecule has 0 saturated heterocycles. The van der Waals surface area contributed by atoms with Gasteiger partial charge in [0, 0.05) is 12.2 Å². The second-order valence-corrected chi connectivity index (χ2v) is 4.54. The minimum absolute atomic E-state index is 0.394. The highest BCUT2D eigenvalue weighted by Crippen LogP contribution is 2.28. The van der Waals surface area contributed by atoms with Gasteiger partial charge < -0.3 is 10.0 Å². The Morgan fingerprint density at radius 2 is 2.18 bits per heavy atom. The Morgan fingerprint density at radius 3 is 2.88 bits per heavy atom. The van der Waals surface area contributed by atoms with Gasteiger partial charge in [0.2, 0.25) is 0 Å². The van der Waals surface area contributed by atoms with Crippen LogP contribution in [0.5, 0.6) is 0 Å². The average Bonchev–Trinajstić information content (AvgIpc) is 2.53. The summed E-state index contributed by atoms with van der Waals surface area (Å²) in [7, 11) is 0. The Hall–Kier alpha value is -1.51. The van der Waals surface area contributed by atoms with Crippen molar-refractivity contribution in [3.8, 4) is 0 Å². The monoisotopic (exact) mass is 233 g/mol. The first kappa shape index (κ1) is 12.0. The quantitative estimate of drug-likeness (QED) is 0.872. The number of fused-ring (bicyclic) bond motifs is 1. The molecular weight excluding hydrogens is 214 g/mol. The molecule has 17 heavy (non-hydrogen) atoms. The largest absolute Gasteiger partial charge is 0.480 e. The summed E-state index contributed by atoms with van der Waals surface area (Å²) in [6, 6.07) is 7.79. The van der Waals surface area contributed by atoms with E-state index in [2.05, 4.69) is 11.0 Å².